The maximum atomic E-state index is 12.1. The van der Waals surface area contributed by atoms with Crippen LogP contribution in [0.5, 0.6) is 5.75 Å². The molecule has 0 fully saturated rings. The fraction of sp³-hybridized carbons (Fsp3) is 0.533. The number of benzene rings is 1. The molecule has 1 aromatic rings. The van der Waals surface area contributed by atoms with Crippen molar-refractivity contribution in [1.82, 2.24) is 5.32 Å². The summed E-state index contributed by atoms with van der Waals surface area (Å²) in [7, 11) is 0. The molecule has 0 aliphatic carbocycles. The van der Waals surface area contributed by atoms with E-state index in [1.165, 1.54) is 12.1 Å². The molecule has 1 rings (SSSR count). The van der Waals surface area contributed by atoms with Crippen molar-refractivity contribution in [2.75, 3.05) is 13.2 Å². The molecule has 4 nitrogen and oxygen atoms in total. The second-order valence-corrected chi connectivity index (χ2v) is 5.72. The van der Waals surface area contributed by atoms with Crippen molar-refractivity contribution >= 4 is 17.6 Å². The van der Waals surface area contributed by atoms with Gasteiger partial charge in [0.25, 0.3) is 0 Å². The van der Waals surface area contributed by atoms with Crippen LogP contribution in [0.4, 0.5) is 13.2 Å². The van der Waals surface area contributed by atoms with E-state index >= 15 is 0 Å². The molecule has 1 N–H and O–H groups in total. The number of nitrogens with one attached hydrogen (secondary N) is 1. The number of hydrogen-bond donors (Lipinski definition) is 1. The molecule has 0 saturated carbocycles. The van der Waals surface area contributed by atoms with Crippen molar-refractivity contribution in [2.24, 2.45) is 0 Å². The molecule has 130 valence electrons. The van der Waals surface area contributed by atoms with Crippen molar-refractivity contribution in [2.45, 2.75) is 39.1 Å². The third-order valence-electron chi connectivity index (χ3n) is 2.78. The molecule has 0 aliphatic rings. The first-order valence-corrected chi connectivity index (χ1v) is 7.35. The summed E-state index contributed by atoms with van der Waals surface area (Å²) in [5, 5.41) is 2.48. The number of esters is 1. The first-order valence-electron chi connectivity index (χ1n) is 6.97. The van der Waals surface area contributed by atoms with Gasteiger partial charge >= 0.3 is 12.1 Å². The Morgan fingerprint density at radius 2 is 1.96 bits per heavy atom. The largest absolute Gasteiger partial charge is 0.475 e. The number of hydrogen-bond acceptors (Lipinski definition) is 4. The summed E-state index contributed by atoms with van der Waals surface area (Å²) in [5.74, 6) is -0.281. The minimum Gasteiger partial charge on any atom is -0.475 e. The fourth-order valence-corrected chi connectivity index (χ4v) is 1.95. The predicted octanol–water partition coefficient (Wildman–Crippen LogP) is 3.71. The van der Waals surface area contributed by atoms with Gasteiger partial charge in [-0.2, -0.15) is 13.2 Å². The van der Waals surface area contributed by atoms with Gasteiger partial charge in [-0.3, -0.25) is 0 Å². The molecule has 1 aromatic carbocycles. The first kappa shape index (κ1) is 19.6. The molecule has 0 atom stereocenters. The minimum atomic E-state index is -4.27. The summed E-state index contributed by atoms with van der Waals surface area (Å²) < 4.78 is 46.7. The highest BCUT2D eigenvalue weighted by molar-refractivity contribution is 6.32. The lowest BCUT2D eigenvalue weighted by atomic mass is 10.1. The minimum absolute atomic E-state index is 0.0147. The lowest BCUT2D eigenvalue weighted by Crippen LogP contribution is -2.39. The van der Waals surface area contributed by atoms with Crippen molar-refractivity contribution < 1.29 is 27.4 Å². The Hall–Kier alpha value is -1.47. The zero-order valence-corrected chi connectivity index (χ0v) is 13.8. The van der Waals surface area contributed by atoms with Gasteiger partial charge in [-0.15, -0.1) is 0 Å². The average Bonchev–Trinajstić information content (AvgIpc) is 2.40. The van der Waals surface area contributed by atoms with E-state index < -0.39 is 24.3 Å². The quantitative estimate of drug-likeness (QED) is 0.759. The Balaban J connectivity index is 2.71. The van der Waals surface area contributed by atoms with Crippen molar-refractivity contribution in [3.8, 4) is 5.75 Å². The van der Waals surface area contributed by atoms with Gasteiger partial charge in [0.15, 0.2) is 5.60 Å². The van der Waals surface area contributed by atoms with E-state index in [1.54, 1.807) is 26.8 Å². The maximum Gasteiger partial charge on any atom is 0.401 e. The summed E-state index contributed by atoms with van der Waals surface area (Å²) in [5.41, 5.74) is -0.657. The molecule has 0 aromatic heterocycles. The van der Waals surface area contributed by atoms with Gasteiger partial charge in [0.1, 0.15) is 5.75 Å². The number of carbonyl (C=O) groups excluding carboxylic acids is 1. The maximum absolute atomic E-state index is 12.1. The van der Waals surface area contributed by atoms with E-state index in [-0.39, 0.29) is 23.9 Å². The van der Waals surface area contributed by atoms with E-state index in [0.29, 0.717) is 5.56 Å². The van der Waals surface area contributed by atoms with Crippen LogP contribution < -0.4 is 10.1 Å². The van der Waals surface area contributed by atoms with Crippen LogP contribution in [-0.4, -0.2) is 30.9 Å². The van der Waals surface area contributed by atoms with Gasteiger partial charge in [0.05, 0.1) is 18.2 Å². The Morgan fingerprint density at radius 1 is 1.30 bits per heavy atom. The molecule has 0 spiro atoms. The number of carbonyl (C=O) groups is 1. The Labute approximate surface area is 137 Å². The lowest BCUT2D eigenvalue weighted by molar-refractivity contribution is -0.158. The molecule has 23 heavy (non-hydrogen) atoms. The Kier molecular flexibility index (Phi) is 6.70. The SMILES string of the molecule is CCOC(=O)C(C)(C)Oc1ccc(CNCC(F)(F)F)cc1Cl. The smallest absolute Gasteiger partial charge is 0.401 e. The molecule has 8 heteroatoms. The predicted molar refractivity (Wildman–Crippen MR) is 80.6 cm³/mol. The Morgan fingerprint density at radius 3 is 2.48 bits per heavy atom. The van der Waals surface area contributed by atoms with Gasteiger partial charge in [0.2, 0.25) is 0 Å². The molecule has 0 saturated heterocycles. The highest BCUT2D eigenvalue weighted by Crippen LogP contribution is 2.29. The number of rotatable bonds is 7. The zero-order valence-electron chi connectivity index (χ0n) is 13.1. The van der Waals surface area contributed by atoms with Crippen LogP contribution in [0.25, 0.3) is 0 Å². The molecule has 0 aliphatic heterocycles. The summed E-state index contributed by atoms with van der Waals surface area (Å²) in [6, 6.07) is 4.57. The Bertz CT molecular complexity index is 547. The third-order valence-corrected chi connectivity index (χ3v) is 3.08. The number of ether oxygens (including phenoxy) is 2. The van der Waals surface area contributed by atoms with Crippen molar-refractivity contribution in [3.63, 3.8) is 0 Å². The molecular formula is C15H19ClF3NO3. The second kappa shape index (κ2) is 7.88. The molecule has 0 heterocycles. The average molecular weight is 354 g/mol. The molecule has 0 radical (unpaired) electrons. The summed E-state index contributed by atoms with van der Waals surface area (Å²) in [6.07, 6.45) is -4.27. The fourth-order valence-electron chi connectivity index (χ4n) is 1.71. The topological polar surface area (TPSA) is 47.6 Å². The van der Waals surface area contributed by atoms with Crippen molar-refractivity contribution in [1.29, 1.82) is 0 Å². The monoisotopic (exact) mass is 353 g/mol. The zero-order chi connectivity index (χ0) is 17.7. The van der Waals surface area contributed by atoms with E-state index in [4.69, 9.17) is 21.1 Å². The summed E-state index contributed by atoms with van der Waals surface area (Å²) >= 11 is 6.06. The first-order chi connectivity index (χ1) is 10.5. The normalized spacial score (nSPS) is 12.1. The number of alkyl halides is 3. The van der Waals surface area contributed by atoms with E-state index in [9.17, 15) is 18.0 Å². The number of halogens is 4. The standard InChI is InChI=1S/C15H19ClF3NO3/c1-4-22-13(21)14(2,3)23-12-6-5-10(7-11(12)16)8-20-9-15(17,18)19/h5-7,20H,4,8-9H2,1-3H3. The van der Waals surface area contributed by atoms with Crippen LogP contribution in [0, 0.1) is 0 Å². The molecular weight excluding hydrogens is 335 g/mol. The van der Waals surface area contributed by atoms with Gasteiger partial charge < -0.3 is 14.8 Å². The molecule has 0 bridgehead atoms. The van der Waals surface area contributed by atoms with Gasteiger partial charge in [-0.05, 0) is 38.5 Å². The molecule has 0 amide bonds. The van der Waals surface area contributed by atoms with Crippen LogP contribution in [0.2, 0.25) is 5.02 Å². The summed E-state index contributed by atoms with van der Waals surface area (Å²) in [4.78, 5) is 11.8. The van der Waals surface area contributed by atoms with Crippen LogP contribution in [-0.2, 0) is 16.1 Å². The van der Waals surface area contributed by atoms with E-state index in [0.717, 1.165) is 0 Å². The highest BCUT2D eigenvalue weighted by Gasteiger charge is 2.32. The summed E-state index contributed by atoms with van der Waals surface area (Å²) in [6.45, 7) is 3.92. The van der Waals surface area contributed by atoms with E-state index in [1.807, 2.05) is 0 Å². The van der Waals surface area contributed by atoms with Gasteiger partial charge in [-0.1, -0.05) is 17.7 Å². The van der Waals surface area contributed by atoms with Crippen LogP contribution >= 0.6 is 11.6 Å². The van der Waals surface area contributed by atoms with Gasteiger partial charge in [0, 0.05) is 6.54 Å². The van der Waals surface area contributed by atoms with E-state index in [2.05, 4.69) is 5.32 Å². The van der Waals surface area contributed by atoms with Crippen LogP contribution in [0.3, 0.4) is 0 Å². The van der Waals surface area contributed by atoms with Crippen LogP contribution in [0.15, 0.2) is 18.2 Å². The lowest BCUT2D eigenvalue weighted by Gasteiger charge is -2.24. The van der Waals surface area contributed by atoms with Crippen molar-refractivity contribution in [3.05, 3.63) is 28.8 Å². The van der Waals surface area contributed by atoms with Crippen LogP contribution in [0.1, 0.15) is 26.3 Å². The molecule has 0 unspecified atom stereocenters. The third kappa shape index (κ3) is 6.66. The second-order valence-electron chi connectivity index (χ2n) is 5.32. The highest BCUT2D eigenvalue weighted by atomic mass is 35.5. The van der Waals surface area contributed by atoms with Gasteiger partial charge in [-0.25, -0.2) is 4.79 Å².